The Balaban J connectivity index is 0.00000129. The van der Waals surface area contributed by atoms with E-state index < -0.39 is 0 Å². The van der Waals surface area contributed by atoms with E-state index in [2.05, 4.69) is 148 Å². The summed E-state index contributed by atoms with van der Waals surface area (Å²) in [7, 11) is 1.78. The van der Waals surface area contributed by atoms with Crippen LogP contribution >= 0.6 is 0 Å². The first-order valence-corrected chi connectivity index (χ1v) is 17.8. The molecule has 3 N–H and O–H groups in total. The average molecular weight is 689 g/mol. The minimum Gasteiger partial charge on any atom is -0.384 e. The number of nitrogens with two attached hydrogens (primary N) is 1. The van der Waals surface area contributed by atoms with E-state index in [-0.39, 0.29) is 5.84 Å². The van der Waals surface area contributed by atoms with E-state index >= 15 is 0 Å². The first-order chi connectivity index (χ1) is 26.0. The van der Waals surface area contributed by atoms with E-state index in [9.17, 15) is 0 Å². The zero-order chi connectivity index (χ0) is 36.6. The second-order valence-corrected chi connectivity index (χ2v) is 13.2. The third-order valence-corrected chi connectivity index (χ3v) is 10.1. The number of rotatable bonds is 5. The first kappa shape index (κ1) is 33.4. The molecule has 0 atom stereocenters. The van der Waals surface area contributed by atoms with Gasteiger partial charge in [0.15, 0.2) is 5.84 Å². The molecule has 0 amide bonds. The molecular weight excluding hydrogens is 649 g/mol. The molecule has 0 bridgehead atoms. The number of aryl methyl sites for hydroxylation is 2. The van der Waals surface area contributed by atoms with Gasteiger partial charge in [-0.05, 0) is 115 Å². The molecule has 6 nitrogen and oxygen atoms in total. The van der Waals surface area contributed by atoms with Crippen LogP contribution in [-0.4, -0.2) is 34.1 Å². The van der Waals surface area contributed by atoms with Gasteiger partial charge >= 0.3 is 0 Å². The van der Waals surface area contributed by atoms with Gasteiger partial charge in [-0.25, -0.2) is 4.99 Å². The molecule has 0 fully saturated rings. The number of hydrogen-bond acceptors (Lipinski definition) is 2. The largest absolute Gasteiger partial charge is 0.384 e. The topological polar surface area (TPSA) is 84.4 Å². The van der Waals surface area contributed by atoms with E-state index in [4.69, 9.17) is 11.1 Å². The number of nitrogen functional groups attached to an aromatic ring is 1. The van der Waals surface area contributed by atoms with Crippen LogP contribution in [0.1, 0.15) is 29.2 Å². The number of para-hydroxylation sites is 2. The molecule has 0 aliphatic heterocycles. The van der Waals surface area contributed by atoms with Gasteiger partial charge in [-0.2, -0.15) is 0 Å². The lowest BCUT2D eigenvalue weighted by atomic mass is 9.83. The van der Waals surface area contributed by atoms with Gasteiger partial charge in [0.05, 0.1) is 22.1 Å². The summed E-state index contributed by atoms with van der Waals surface area (Å²) >= 11 is 0. The number of fused-ring (bicyclic) bond motifs is 10. The Morgan fingerprint density at radius 2 is 1.28 bits per heavy atom. The van der Waals surface area contributed by atoms with Gasteiger partial charge in [0.1, 0.15) is 5.84 Å². The Hall–Kier alpha value is -6.79. The minimum absolute atomic E-state index is 0.0760. The van der Waals surface area contributed by atoms with E-state index in [1.54, 1.807) is 25.4 Å². The number of allylic oxidation sites excluding steroid dienone is 2. The van der Waals surface area contributed by atoms with E-state index in [1.807, 2.05) is 13.0 Å². The summed E-state index contributed by atoms with van der Waals surface area (Å²) in [5.41, 5.74) is 19.7. The van der Waals surface area contributed by atoms with Crippen molar-refractivity contribution in [1.29, 1.82) is 5.41 Å². The zero-order valence-electron chi connectivity index (χ0n) is 30.0. The van der Waals surface area contributed by atoms with Gasteiger partial charge in [0, 0.05) is 57.3 Å². The van der Waals surface area contributed by atoms with Gasteiger partial charge in [-0.15, -0.1) is 6.58 Å². The fraction of sp³-hybridized carbons (Fsp3) is 0.0851. The summed E-state index contributed by atoms with van der Waals surface area (Å²) < 4.78 is 4.77. The Bertz CT molecular complexity index is 2800. The Kier molecular flexibility index (Phi) is 8.64. The number of aromatic nitrogens is 2. The number of amidine groups is 2. The number of aliphatic imine (C=N–C) groups is 2. The van der Waals surface area contributed by atoms with E-state index in [1.165, 1.54) is 43.9 Å². The summed E-state index contributed by atoms with van der Waals surface area (Å²) in [6, 6.07) is 43.2. The van der Waals surface area contributed by atoms with Crippen molar-refractivity contribution in [2.24, 2.45) is 15.7 Å². The van der Waals surface area contributed by atoms with Crippen molar-refractivity contribution in [3.05, 3.63) is 169 Å². The smallest absolute Gasteiger partial charge is 0.154 e. The van der Waals surface area contributed by atoms with Crippen LogP contribution < -0.4 is 5.73 Å². The fourth-order valence-electron chi connectivity index (χ4n) is 7.90. The maximum Gasteiger partial charge on any atom is 0.154 e. The Labute approximate surface area is 309 Å². The first-order valence-electron chi connectivity index (χ1n) is 17.8. The van der Waals surface area contributed by atoms with Crippen LogP contribution in [-0.2, 0) is 12.8 Å². The molecule has 8 aromatic rings. The lowest BCUT2D eigenvalue weighted by Crippen LogP contribution is -2.10. The molecule has 258 valence electrons. The highest BCUT2D eigenvalue weighted by atomic mass is 15.0. The van der Waals surface area contributed by atoms with Crippen LogP contribution in [0.2, 0.25) is 0 Å². The van der Waals surface area contributed by atoms with Crippen molar-refractivity contribution in [3.63, 3.8) is 0 Å². The standard InChI is InChI=1S/C44H34N6.C3H6/c1-3-22-48-44(47-2)29-16-21-39-37(25-29)38-23-27-14-17-33-32(35(27)26-41(38)49(39)30-10-6-4-7-11-30)18-19-34-36-24-28(43(45)46)15-20-40(36)50(42(33)34)31-12-8-5-9-13-31;1-3-2/h3-13,15-16,18-26H,1,14,17H2,2H3,(H3,45,46);3H,1H2,2H3. The molecule has 2 heterocycles. The summed E-state index contributed by atoms with van der Waals surface area (Å²) in [6.45, 7) is 9.03. The van der Waals surface area contributed by atoms with Crippen LogP contribution in [0.25, 0.3) is 66.1 Å². The van der Waals surface area contributed by atoms with Crippen LogP contribution in [0, 0.1) is 5.41 Å². The Morgan fingerprint density at radius 3 is 1.94 bits per heavy atom. The highest BCUT2D eigenvalue weighted by molar-refractivity contribution is 6.16. The molecule has 6 heteroatoms. The zero-order valence-corrected chi connectivity index (χ0v) is 30.0. The Morgan fingerprint density at radius 1 is 0.679 bits per heavy atom. The van der Waals surface area contributed by atoms with Crippen molar-refractivity contribution < 1.29 is 0 Å². The molecule has 0 saturated carbocycles. The molecule has 1 aliphatic carbocycles. The lowest BCUT2D eigenvalue weighted by Gasteiger charge is -2.23. The predicted octanol–water partition coefficient (Wildman–Crippen LogP) is 10.8. The van der Waals surface area contributed by atoms with Gasteiger partial charge in [0.25, 0.3) is 0 Å². The highest BCUT2D eigenvalue weighted by Crippen LogP contribution is 2.45. The van der Waals surface area contributed by atoms with Gasteiger partial charge in [-0.1, -0.05) is 67.3 Å². The normalized spacial score (nSPS) is 12.5. The second-order valence-electron chi connectivity index (χ2n) is 13.2. The van der Waals surface area contributed by atoms with Gasteiger partial charge in [-0.3, -0.25) is 10.4 Å². The number of hydrogen-bond donors (Lipinski definition) is 2. The highest BCUT2D eigenvalue weighted by Gasteiger charge is 2.25. The maximum absolute atomic E-state index is 8.13. The second kappa shape index (κ2) is 13.7. The van der Waals surface area contributed by atoms with Crippen LogP contribution in [0.15, 0.2) is 157 Å². The fourth-order valence-corrected chi connectivity index (χ4v) is 7.90. The molecule has 0 radical (unpaired) electrons. The van der Waals surface area contributed by atoms with Crippen molar-refractivity contribution in [2.45, 2.75) is 19.8 Å². The summed E-state index contributed by atoms with van der Waals surface area (Å²) in [4.78, 5) is 9.01. The molecule has 53 heavy (non-hydrogen) atoms. The quantitative estimate of drug-likeness (QED) is 0.105. The molecule has 1 aliphatic rings. The van der Waals surface area contributed by atoms with E-state index in [0.29, 0.717) is 5.84 Å². The molecule has 6 aromatic carbocycles. The average Bonchev–Trinajstić information content (AvgIpc) is 3.70. The van der Waals surface area contributed by atoms with Crippen LogP contribution in [0.5, 0.6) is 0 Å². The summed E-state index contributed by atoms with van der Waals surface area (Å²) in [5.74, 6) is 0.750. The van der Waals surface area contributed by atoms with Gasteiger partial charge in [0.2, 0.25) is 0 Å². The van der Waals surface area contributed by atoms with Gasteiger partial charge < -0.3 is 14.9 Å². The molecule has 0 spiro atoms. The predicted molar refractivity (Wildman–Crippen MR) is 226 cm³/mol. The SMILES string of the molecule is C=CC.C=CC=NC(=NC)c1ccc2c(c1)c1cc3c(cc1n2-c1ccccc1)-c1ccc2c4cc(C(=N)N)ccc4n(-c4ccccc4)c2c1CC3. The third-order valence-electron chi connectivity index (χ3n) is 10.1. The van der Waals surface area contributed by atoms with Crippen LogP contribution in [0.3, 0.4) is 0 Å². The van der Waals surface area contributed by atoms with Crippen molar-refractivity contribution in [3.8, 4) is 22.5 Å². The third kappa shape index (κ3) is 5.56. The summed E-state index contributed by atoms with van der Waals surface area (Å²) in [6.07, 6.45) is 6.95. The summed E-state index contributed by atoms with van der Waals surface area (Å²) in [5, 5.41) is 12.8. The maximum atomic E-state index is 8.13. The molecule has 9 rings (SSSR count). The number of nitrogens with one attached hydrogen (secondary N) is 1. The number of benzene rings is 6. The molecule has 0 saturated heterocycles. The van der Waals surface area contributed by atoms with E-state index in [0.717, 1.165) is 57.3 Å². The molecule has 0 unspecified atom stereocenters. The van der Waals surface area contributed by atoms with Crippen molar-refractivity contribution in [1.82, 2.24) is 9.13 Å². The van der Waals surface area contributed by atoms with Crippen LogP contribution in [0.4, 0.5) is 0 Å². The minimum atomic E-state index is 0.0760. The molecule has 2 aromatic heterocycles. The monoisotopic (exact) mass is 688 g/mol. The lowest BCUT2D eigenvalue weighted by molar-refractivity contribution is 0.944. The van der Waals surface area contributed by atoms with Crippen molar-refractivity contribution >= 4 is 61.5 Å². The molecular formula is C47H40N6. The van der Waals surface area contributed by atoms with Crippen molar-refractivity contribution in [2.75, 3.05) is 7.05 Å². The number of nitrogens with zero attached hydrogens (tertiary/aromatic N) is 4.